The van der Waals surface area contributed by atoms with Gasteiger partial charge < -0.3 is 25.2 Å². The smallest absolute Gasteiger partial charge is 0.411 e. The highest BCUT2D eigenvalue weighted by atomic mass is 16.6. The minimum absolute atomic E-state index is 0.222. The van der Waals surface area contributed by atoms with Crippen molar-refractivity contribution < 1.29 is 34.1 Å². The molecule has 1 fully saturated rings. The fourth-order valence-corrected chi connectivity index (χ4v) is 5.65. The van der Waals surface area contributed by atoms with Crippen molar-refractivity contribution >= 4 is 23.9 Å². The van der Waals surface area contributed by atoms with E-state index in [4.69, 9.17) is 4.74 Å². The van der Waals surface area contributed by atoms with E-state index in [1.807, 2.05) is 54.6 Å². The number of carbonyl (C=O) groups is 4. The summed E-state index contributed by atoms with van der Waals surface area (Å²) in [6.07, 6.45) is -1.01. The molecule has 10 heteroatoms. The lowest BCUT2D eigenvalue weighted by atomic mass is 9.71. The number of carboxylic acids is 1. The Kier molecular flexibility index (Phi) is 8.72. The number of ether oxygens (including phenoxy) is 1. The molecule has 0 saturated carbocycles. The fraction of sp³-hybridized carbons (Fsp3) is 0.484. The predicted octanol–water partition coefficient (Wildman–Crippen LogP) is 2.86. The van der Waals surface area contributed by atoms with Gasteiger partial charge in [-0.2, -0.15) is 0 Å². The molecule has 0 spiro atoms. The van der Waals surface area contributed by atoms with Crippen LogP contribution in [0.25, 0.3) is 0 Å². The molecule has 2 aliphatic rings. The Morgan fingerprint density at radius 2 is 1.56 bits per heavy atom. The number of rotatable bonds is 6. The normalized spacial score (nSPS) is 19.9. The number of amides is 3. The first-order valence-corrected chi connectivity index (χ1v) is 13.9. The molecule has 2 aromatic carbocycles. The Labute approximate surface area is 240 Å². The van der Waals surface area contributed by atoms with Crippen LogP contribution in [0.15, 0.2) is 54.6 Å². The number of aliphatic hydroxyl groups is 1. The number of carboxylic acid groups (broad SMARTS) is 1. The number of hydrogen-bond donors (Lipinski definition) is 3. The second kappa shape index (κ2) is 11.9. The van der Waals surface area contributed by atoms with Crippen LogP contribution in [0.4, 0.5) is 4.79 Å². The van der Waals surface area contributed by atoms with Gasteiger partial charge in [0.05, 0.1) is 18.1 Å². The topological polar surface area (TPSA) is 136 Å². The number of nitrogens with one attached hydrogen (secondary N) is 1. The van der Waals surface area contributed by atoms with Crippen LogP contribution < -0.4 is 5.32 Å². The third-order valence-corrected chi connectivity index (χ3v) is 7.89. The molecule has 3 atom stereocenters. The molecule has 0 unspecified atom stereocenters. The van der Waals surface area contributed by atoms with Crippen molar-refractivity contribution in [3.05, 3.63) is 71.3 Å². The molecule has 220 valence electrons. The summed E-state index contributed by atoms with van der Waals surface area (Å²) in [6.45, 7) is 7.37. The van der Waals surface area contributed by atoms with Gasteiger partial charge in [0.1, 0.15) is 11.6 Å². The van der Waals surface area contributed by atoms with E-state index in [0.717, 1.165) is 11.1 Å². The number of likely N-dealkylation sites (tertiary alicyclic amines) is 1. The lowest BCUT2D eigenvalue weighted by Gasteiger charge is -2.44. The van der Waals surface area contributed by atoms with Crippen LogP contribution in [0.3, 0.4) is 0 Å². The van der Waals surface area contributed by atoms with Gasteiger partial charge in [0.15, 0.2) is 6.04 Å². The van der Waals surface area contributed by atoms with Gasteiger partial charge in [0, 0.05) is 19.5 Å². The summed E-state index contributed by atoms with van der Waals surface area (Å²) in [6, 6.07) is 14.6. The Morgan fingerprint density at radius 3 is 2.12 bits per heavy atom. The number of hydrogen-bond acceptors (Lipinski definition) is 6. The molecule has 2 heterocycles. The molecule has 3 amide bonds. The molecule has 0 aliphatic carbocycles. The van der Waals surface area contributed by atoms with Gasteiger partial charge in [0.2, 0.25) is 11.8 Å². The molecule has 0 aromatic heterocycles. The van der Waals surface area contributed by atoms with E-state index in [1.54, 1.807) is 25.7 Å². The van der Waals surface area contributed by atoms with Gasteiger partial charge >= 0.3 is 12.1 Å². The number of fused-ring (bicyclic) bond motifs is 1. The van der Waals surface area contributed by atoms with E-state index in [2.05, 4.69) is 5.32 Å². The maximum atomic E-state index is 14.0. The van der Waals surface area contributed by atoms with Crippen molar-refractivity contribution in [2.75, 3.05) is 13.1 Å². The number of piperidine rings is 1. The second-order valence-corrected chi connectivity index (χ2v) is 11.9. The number of nitrogens with zero attached hydrogens (tertiary/aromatic N) is 2. The van der Waals surface area contributed by atoms with Crippen LogP contribution in [0, 0.1) is 0 Å². The highest BCUT2D eigenvalue weighted by Gasteiger charge is 2.47. The number of benzene rings is 2. The van der Waals surface area contributed by atoms with Crippen LogP contribution in [0.5, 0.6) is 0 Å². The van der Waals surface area contributed by atoms with E-state index in [9.17, 15) is 29.4 Å². The molecule has 3 N–H and O–H groups in total. The van der Waals surface area contributed by atoms with Crippen molar-refractivity contribution in [1.82, 2.24) is 15.1 Å². The average Bonchev–Trinajstić information content (AvgIpc) is 2.94. The first-order valence-electron chi connectivity index (χ1n) is 13.9. The Bertz CT molecular complexity index is 1280. The molecule has 2 aromatic rings. The molecule has 2 aliphatic heterocycles. The summed E-state index contributed by atoms with van der Waals surface area (Å²) < 4.78 is 5.65. The summed E-state index contributed by atoms with van der Waals surface area (Å²) in [4.78, 5) is 55.7. The third kappa shape index (κ3) is 6.53. The van der Waals surface area contributed by atoms with Crippen LogP contribution in [0.2, 0.25) is 0 Å². The van der Waals surface area contributed by atoms with Crippen LogP contribution >= 0.6 is 0 Å². The van der Waals surface area contributed by atoms with Crippen molar-refractivity contribution in [3.8, 4) is 0 Å². The van der Waals surface area contributed by atoms with E-state index in [-0.39, 0.29) is 38.4 Å². The van der Waals surface area contributed by atoms with E-state index in [0.29, 0.717) is 12.0 Å². The standard InChI is InChI=1S/C31H39N3O7/c1-20(35)25(27(37)38)32-28(39)31(23-12-6-5-7-13-23)14-16-33(17-15-31)26(36)24-18-21-10-8-9-11-22(21)19-34(24)29(40)41-30(2,3)4/h5-13,20,24-25,35H,14-19H2,1-4H3,(H,32,39)(H,37,38)/t20-,24+,25-/m0/s1. The average molecular weight is 566 g/mol. The largest absolute Gasteiger partial charge is 0.480 e. The van der Waals surface area contributed by atoms with Gasteiger partial charge in [-0.05, 0) is 57.2 Å². The van der Waals surface area contributed by atoms with Gasteiger partial charge in [-0.1, -0.05) is 54.6 Å². The summed E-state index contributed by atoms with van der Waals surface area (Å²) in [5.74, 6) is -2.06. The number of aliphatic carboxylic acids is 1. The van der Waals surface area contributed by atoms with Crippen LogP contribution in [-0.4, -0.2) is 80.8 Å². The van der Waals surface area contributed by atoms with Gasteiger partial charge in [-0.25, -0.2) is 9.59 Å². The van der Waals surface area contributed by atoms with Gasteiger partial charge in [0.25, 0.3) is 0 Å². The molecular weight excluding hydrogens is 526 g/mol. The predicted molar refractivity (Wildman–Crippen MR) is 151 cm³/mol. The minimum Gasteiger partial charge on any atom is -0.480 e. The maximum Gasteiger partial charge on any atom is 0.411 e. The molecule has 10 nitrogen and oxygen atoms in total. The Hall–Kier alpha value is -3.92. The van der Waals surface area contributed by atoms with E-state index >= 15 is 0 Å². The lowest BCUT2D eigenvalue weighted by Crippen LogP contribution is -2.60. The quantitative estimate of drug-likeness (QED) is 0.490. The lowest BCUT2D eigenvalue weighted by molar-refractivity contribution is -0.147. The zero-order chi connectivity index (χ0) is 29.9. The first kappa shape index (κ1) is 30.0. The van der Waals surface area contributed by atoms with Gasteiger partial charge in [-0.15, -0.1) is 0 Å². The van der Waals surface area contributed by atoms with Crippen molar-refractivity contribution in [2.45, 2.75) is 82.7 Å². The minimum atomic E-state index is -1.47. The molecule has 1 saturated heterocycles. The van der Waals surface area contributed by atoms with E-state index < -0.39 is 47.2 Å². The van der Waals surface area contributed by atoms with Crippen LogP contribution in [-0.2, 0) is 37.5 Å². The zero-order valence-corrected chi connectivity index (χ0v) is 24.0. The summed E-state index contributed by atoms with van der Waals surface area (Å²) in [7, 11) is 0. The highest BCUT2D eigenvalue weighted by Crippen LogP contribution is 2.37. The second-order valence-electron chi connectivity index (χ2n) is 11.9. The summed E-state index contributed by atoms with van der Waals surface area (Å²) >= 11 is 0. The molecule has 4 rings (SSSR count). The number of aliphatic hydroxyl groups excluding tert-OH is 1. The van der Waals surface area contributed by atoms with Crippen molar-refractivity contribution in [2.24, 2.45) is 0 Å². The Balaban J connectivity index is 1.58. The zero-order valence-electron chi connectivity index (χ0n) is 24.0. The van der Waals surface area contributed by atoms with E-state index in [1.165, 1.54) is 11.8 Å². The third-order valence-electron chi connectivity index (χ3n) is 7.89. The molecule has 41 heavy (non-hydrogen) atoms. The molecular formula is C31H39N3O7. The van der Waals surface area contributed by atoms with Gasteiger partial charge in [-0.3, -0.25) is 14.5 Å². The van der Waals surface area contributed by atoms with Crippen molar-refractivity contribution in [3.63, 3.8) is 0 Å². The molecule has 0 radical (unpaired) electrons. The fourth-order valence-electron chi connectivity index (χ4n) is 5.65. The number of carbonyl (C=O) groups excluding carboxylic acids is 3. The summed E-state index contributed by atoms with van der Waals surface area (Å²) in [5, 5.41) is 22.0. The first-order chi connectivity index (χ1) is 19.3. The maximum absolute atomic E-state index is 14.0. The van der Waals surface area contributed by atoms with Crippen molar-refractivity contribution in [1.29, 1.82) is 0 Å². The molecule has 0 bridgehead atoms. The highest BCUT2D eigenvalue weighted by molar-refractivity contribution is 5.92. The summed E-state index contributed by atoms with van der Waals surface area (Å²) in [5.41, 5.74) is 0.853. The van der Waals surface area contributed by atoms with Crippen LogP contribution in [0.1, 0.15) is 57.2 Å². The Morgan fingerprint density at radius 1 is 0.976 bits per heavy atom. The SMILES string of the molecule is C[C@H](O)[C@H](NC(=O)C1(c2ccccc2)CCN(C(=O)[C@H]2Cc3ccccc3CN2C(=O)OC(C)(C)C)CC1)C(=O)O. The monoisotopic (exact) mass is 565 g/mol.